The van der Waals surface area contributed by atoms with E-state index in [1.807, 2.05) is 4.68 Å². The predicted octanol–water partition coefficient (Wildman–Crippen LogP) is 1.71. The van der Waals surface area contributed by atoms with Crippen molar-refractivity contribution in [2.24, 2.45) is 5.73 Å². The van der Waals surface area contributed by atoms with Gasteiger partial charge in [0.2, 0.25) is 0 Å². The highest BCUT2D eigenvalue weighted by Gasteiger charge is 2.17. The van der Waals surface area contributed by atoms with Crippen LogP contribution in [0.5, 0.6) is 0 Å². The summed E-state index contributed by atoms with van der Waals surface area (Å²) in [6, 6.07) is 2.60. The third-order valence-electron chi connectivity index (χ3n) is 4.22. The summed E-state index contributed by atoms with van der Waals surface area (Å²) in [6.07, 6.45) is 5.81. The Hall–Kier alpha value is -0.910. The van der Waals surface area contributed by atoms with Crippen molar-refractivity contribution in [3.05, 3.63) is 18.0 Å². The van der Waals surface area contributed by atoms with Gasteiger partial charge in [-0.3, -0.25) is 9.58 Å². The molecule has 2 rings (SSSR count). The number of hydrogen-bond donors (Lipinski definition) is 1. The number of piperazine rings is 1. The average molecular weight is 293 g/mol. The largest absolute Gasteiger partial charge is 0.330 e. The normalized spacial score (nSPS) is 17.7. The first-order valence-electron chi connectivity index (χ1n) is 8.38. The van der Waals surface area contributed by atoms with Crippen molar-refractivity contribution in [3.8, 4) is 0 Å². The lowest BCUT2D eigenvalue weighted by molar-refractivity contribution is 0.124. The summed E-state index contributed by atoms with van der Waals surface area (Å²) in [5.41, 5.74) is 6.73. The molecule has 0 amide bonds. The molecule has 1 aliphatic heterocycles. The molecule has 1 aliphatic rings. The molecule has 2 N–H and O–H groups in total. The lowest BCUT2D eigenvalue weighted by Crippen LogP contribution is -2.46. The van der Waals surface area contributed by atoms with Crippen molar-refractivity contribution in [2.45, 2.75) is 45.7 Å². The van der Waals surface area contributed by atoms with Gasteiger partial charge >= 0.3 is 0 Å². The summed E-state index contributed by atoms with van der Waals surface area (Å²) in [6.45, 7) is 12.1. The number of unbranched alkanes of at least 4 members (excludes halogenated alkanes) is 2. The fourth-order valence-corrected chi connectivity index (χ4v) is 2.81. The predicted molar refractivity (Wildman–Crippen MR) is 87.2 cm³/mol. The molecule has 0 saturated carbocycles. The molecule has 1 fully saturated rings. The molecule has 5 heteroatoms. The molecular weight excluding hydrogens is 262 g/mol. The van der Waals surface area contributed by atoms with Crippen LogP contribution in [0.3, 0.4) is 0 Å². The van der Waals surface area contributed by atoms with E-state index in [-0.39, 0.29) is 0 Å². The Balaban J connectivity index is 1.66. The van der Waals surface area contributed by atoms with Crippen molar-refractivity contribution >= 4 is 0 Å². The Labute approximate surface area is 129 Å². The molecule has 1 aromatic rings. The number of hydrogen-bond acceptors (Lipinski definition) is 4. The Kier molecular flexibility index (Phi) is 6.67. The van der Waals surface area contributed by atoms with Crippen LogP contribution in [0.1, 0.15) is 44.8 Å². The Morgan fingerprint density at radius 3 is 2.43 bits per heavy atom. The van der Waals surface area contributed by atoms with E-state index in [4.69, 9.17) is 5.73 Å². The van der Waals surface area contributed by atoms with Crippen LogP contribution in [0, 0.1) is 0 Å². The standard InChI is InChI=1S/C16H31N5/c1-15(2)21-9-6-16(18-21)14-20-12-10-19(11-13-20)8-5-3-4-7-17/h6,9,15H,3-5,7-8,10-14,17H2,1-2H3. The average Bonchev–Trinajstić information content (AvgIpc) is 2.94. The molecule has 0 unspecified atom stereocenters. The van der Waals surface area contributed by atoms with Crippen molar-refractivity contribution in [1.29, 1.82) is 0 Å². The fraction of sp³-hybridized carbons (Fsp3) is 0.812. The van der Waals surface area contributed by atoms with Crippen molar-refractivity contribution in [2.75, 3.05) is 39.3 Å². The molecule has 21 heavy (non-hydrogen) atoms. The molecule has 0 aliphatic carbocycles. The van der Waals surface area contributed by atoms with Gasteiger partial charge in [-0.1, -0.05) is 6.42 Å². The van der Waals surface area contributed by atoms with Crippen LogP contribution in [-0.4, -0.2) is 58.8 Å². The van der Waals surface area contributed by atoms with Gasteiger partial charge in [-0.25, -0.2) is 0 Å². The Bertz CT molecular complexity index is 393. The van der Waals surface area contributed by atoms with E-state index in [1.54, 1.807) is 0 Å². The van der Waals surface area contributed by atoms with Gasteiger partial charge in [0.25, 0.3) is 0 Å². The molecule has 1 saturated heterocycles. The van der Waals surface area contributed by atoms with Gasteiger partial charge in [0.1, 0.15) is 0 Å². The van der Waals surface area contributed by atoms with Crippen LogP contribution >= 0.6 is 0 Å². The van der Waals surface area contributed by atoms with E-state index >= 15 is 0 Å². The first-order valence-corrected chi connectivity index (χ1v) is 8.38. The third kappa shape index (κ3) is 5.41. The first kappa shape index (κ1) is 16.5. The topological polar surface area (TPSA) is 50.3 Å². The molecule has 0 aromatic carbocycles. The van der Waals surface area contributed by atoms with Crippen LogP contribution in [0.4, 0.5) is 0 Å². The van der Waals surface area contributed by atoms with Gasteiger partial charge in [-0.05, 0) is 45.8 Å². The molecular formula is C16H31N5. The van der Waals surface area contributed by atoms with E-state index in [1.165, 1.54) is 44.6 Å². The van der Waals surface area contributed by atoms with E-state index in [0.717, 1.165) is 26.2 Å². The van der Waals surface area contributed by atoms with Crippen LogP contribution in [0.2, 0.25) is 0 Å². The number of aromatic nitrogens is 2. The zero-order chi connectivity index (χ0) is 15.1. The van der Waals surface area contributed by atoms with Gasteiger partial charge in [0.15, 0.2) is 0 Å². The molecule has 0 spiro atoms. The lowest BCUT2D eigenvalue weighted by Gasteiger charge is -2.34. The fourth-order valence-electron chi connectivity index (χ4n) is 2.81. The van der Waals surface area contributed by atoms with Crippen LogP contribution in [-0.2, 0) is 6.54 Å². The molecule has 5 nitrogen and oxygen atoms in total. The van der Waals surface area contributed by atoms with E-state index in [0.29, 0.717) is 6.04 Å². The minimum atomic E-state index is 0.448. The van der Waals surface area contributed by atoms with Crippen LogP contribution in [0.15, 0.2) is 12.3 Å². The van der Waals surface area contributed by atoms with Gasteiger partial charge in [-0.15, -0.1) is 0 Å². The summed E-state index contributed by atoms with van der Waals surface area (Å²) in [5.74, 6) is 0. The highest BCUT2D eigenvalue weighted by Crippen LogP contribution is 2.10. The van der Waals surface area contributed by atoms with Crippen molar-refractivity contribution < 1.29 is 0 Å². The number of rotatable bonds is 8. The summed E-state index contributed by atoms with van der Waals surface area (Å²) in [5, 5.41) is 4.64. The van der Waals surface area contributed by atoms with Gasteiger partial charge < -0.3 is 10.6 Å². The third-order valence-corrected chi connectivity index (χ3v) is 4.22. The second kappa shape index (κ2) is 8.51. The monoisotopic (exact) mass is 293 g/mol. The zero-order valence-corrected chi connectivity index (χ0v) is 13.7. The zero-order valence-electron chi connectivity index (χ0n) is 13.7. The van der Waals surface area contributed by atoms with Crippen molar-refractivity contribution in [3.63, 3.8) is 0 Å². The molecule has 2 heterocycles. The second-order valence-corrected chi connectivity index (χ2v) is 6.35. The van der Waals surface area contributed by atoms with E-state index in [9.17, 15) is 0 Å². The quantitative estimate of drug-likeness (QED) is 0.741. The lowest BCUT2D eigenvalue weighted by atomic mass is 10.2. The maximum absolute atomic E-state index is 5.53. The highest BCUT2D eigenvalue weighted by molar-refractivity contribution is 4.99. The second-order valence-electron chi connectivity index (χ2n) is 6.35. The first-order chi connectivity index (χ1) is 10.2. The molecule has 120 valence electrons. The minimum absolute atomic E-state index is 0.448. The van der Waals surface area contributed by atoms with Gasteiger partial charge in [0.05, 0.1) is 5.69 Å². The van der Waals surface area contributed by atoms with E-state index < -0.39 is 0 Å². The molecule has 0 bridgehead atoms. The van der Waals surface area contributed by atoms with Crippen LogP contribution < -0.4 is 5.73 Å². The maximum atomic E-state index is 5.53. The van der Waals surface area contributed by atoms with Crippen LogP contribution in [0.25, 0.3) is 0 Å². The van der Waals surface area contributed by atoms with E-state index in [2.05, 4.69) is 41.0 Å². The summed E-state index contributed by atoms with van der Waals surface area (Å²) < 4.78 is 2.04. The summed E-state index contributed by atoms with van der Waals surface area (Å²) in [4.78, 5) is 5.10. The number of nitrogens with zero attached hydrogens (tertiary/aromatic N) is 4. The van der Waals surface area contributed by atoms with Crippen molar-refractivity contribution in [1.82, 2.24) is 19.6 Å². The maximum Gasteiger partial charge on any atom is 0.0764 e. The minimum Gasteiger partial charge on any atom is -0.330 e. The molecule has 0 radical (unpaired) electrons. The summed E-state index contributed by atoms with van der Waals surface area (Å²) >= 11 is 0. The smallest absolute Gasteiger partial charge is 0.0764 e. The highest BCUT2D eigenvalue weighted by atomic mass is 15.3. The number of nitrogens with two attached hydrogens (primary N) is 1. The Morgan fingerprint density at radius 2 is 1.81 bits per heavy atom. The van der Waals surface area contributed by atoms with Gasteiger partial charge in [0, 0.05) is 45.0 Å². The Morgan fingerprint density at radius 1 is 1.10 bits per heavy atom. The molecule has 1 aromatic heterocycles. The van der Waals surface area contributed by atoms with Gasteiger partial charge in [-0.2, -0.15) is 5.10 Å². The SMILES string of the molecule is CC(C)n1ccc(CN2CCN(CCCCCN)CC2)n1. The summed E-state index contributed by atoms with van der Waals surface area (Å²) in [7, 11) is 0. The molecule has 0 atom stereocenters.